The zero-order valence-corrected chi connectivity index (χ0v) is 23.5. The number of alkyl halides is 5. The number of nitrogens with zero attached hydrogens (tertiary/aromatic N) is 3. The van der Waals surface area contributed by atoms with Crippen molar-refractivity contribution in [2.24, 2.45) is 0 Å². The van der Waals surface area contributed by atoms with E-state index in [1.54, 1.807) is 0 Å². The van der Waals surface area contributed by atoms with Crippen LogP contribution in [0.4, 0.5) is 38.1 Å². The molecular formula is C22H27F5N4O7S2. The highest BCUT2D eigenvalue weighted by molar-refractivity contribution is 7.93. The summed E-state index contributed by atoms with van der Waals surface area (Å²) in [5.74, 6) is -0.428. The Kier molecular flexibility index (Phi) is 8.38. The number of benzene rings is 1. The zero-order chi connectivity index (χ0) is 30.4. The lowest BCUT2D eigenvalue weighted by molar-refractivity contribution is -0.242. The van der Waals surface area contributed by atoms with Gasteiger partial charge in [0.2, 0.25) is 5.60 Å². The van der Waals surface area contributed by atoms with Crippen LogP contribution in [-0.4, -0.2) is 68.6 Å². The van der Waals surface area contributed by atoms with Gasteiger partial charge in [-0.05, 0) is 45.9 Å². The maximum Gasteiger partial charge on any atom is 0.427 e. The molecule has 2 heterocycles. The van der Waals surface area contributed by atoms with Gasteiger partial charge in [-0.2, -0.15) is 27.1 Å². The second-order valence-corrected chi connectivity index (χ2v) is 13.7. The molecule has 2 atom stereocenters. The van der Waals surface area contributed by atoms with E-state index in [1.165, 1.54) is 26.0 Å². The molecule has 1 aromatic heterocycles. The molecule has 18 heteroatoms. The first-order valence-corrected chi connectivity index (χ1v) is 15.1. The SMILES string of the molecule is Cc1nn(C(F)F)cc1S(=O)(=O)N1c2cc(NC(=O)OC(C)(C)C(F)(F)F)ccc2O[C@@H](CCS(C)(=O)=O)[C@H]1C. The van der Waals surface area contributed by atoms with Gasteiger partial charge in [0.1, 0.15) is 26.6 Å². The van der Waals surface area contributed by atoms with Crippen molar-refractivity contribution in [3.63, 3.8) is 0 Å². The fourth-order valence-electron chi connectivity index (χ4n) is 3.83. The van der Waals surface area contributed by atoms with Crippen molar-refractivity contribution in [3.8, 4) is 5.75 Å². The third-order valence-electron chi connectivity index (χ3n) is 6.04. The number of nitrogens with one attached hydrogen (secondary N) is 1. The van der Waals surface area contributed by atoms with E-state index in [1.807, 2.05) is 0 Å². The van der Waals surface area contributed by atoms with Gasteiger partial charge in [0, 0.05) is 18.4 Å². The molecule has 0 spiro atoms. The molecule has 0 unspecified atom stereocenters. The Bertz CT molecular complexity index is 1490. The number of aryl methyl sites for hydroxylation is 1. The van der Waals surface area contributed by atoms with Crippen molar-refractivity contribution < 1.29 is 53.1 Å². The van der Waals surface area contributed by atoms with Gasteiger partial charge in [-0.15, -0.1) is 0 Å². The van der Waals surface area contributed by atoms with Crippen LogP contribution in [0.3, 0.4) is 0 Å². The van der Waals surface area contributed by atoms with Crippen LogP contribution < -0.4 is 14.4 Å². The summed E-state index contributed by atoms with van der Waals surface area (Å²) in [7, 11) is -8.13. The van der Waals surface area contributed by atoms with E-state index in [0.717, 1.165) is 16.6 Å². The third-order valence-corrected chi connectivity index (χ3v) is 9.02. The van der Waals surface area contributed by atoms with Crippen LogP contribution in [0.25, 0.3) is 0 Å². The lowest BCUT2D eigenvalue weighted by Gasteiger charge is -2.41. The van der Waals surface area contributed by atoms with Gasteiger partial charge in [-0.1, -0.05) is 0 Å². The first-order valence-electron chi connectivity index (χ1n) is 11.6. The molecule has 2 aromatic rings. The summed E-state index contributed by atoms with van der Waals surface area (Å²) in [6.07, 6.45) is -5.86. The summed E-state index contributed by atoms with van der Waals surface area (Å²) in [5.41, 5.74) is -3.46. The van der Waals surface area contributed by atoms with Crippen LogP contribution in [-0.2, 0) is 24.6 Å². The van der Waals surface area contributed by atoms with Gasteiger partial charge < -0.3 is 9.47 Å². The molecule has 0 saturated heterocycles. The van der Waals surface area contributed by atoms with Crippen LogP contribution in [0, 0.1) is 6.92 Å². The van der Waals surface area contributed by atoms with Crippen LogP contribution in [0.1, 0.15) is 39.4 Å². The standard InChI is InChI=1S/C22H27F5N4O7S2/c1-12-18(11-30(29-12)19(23)24)40(35,36)31-13(2)16(8-9-39(5,33)34)37-17-7-6-14(10-15(17)31)28-20(32)38-21(3,4)22(25,26)27/h6-7,10-11,13,16,19H,8-9H2,1-5H3,(H,28,32)/t13-,16+/m1/s1. The highest BCUT2D eigenvalue weighted by atomic mass is 32.2. The molecule has 1 aliphatic rings. The molecule has 0 bridgehead atoms. The van der Waals surface area contributed by atoms with Gasteiger partial charge in [-0.25, -0.2) is 26.3 Å². The number of hydrogen-bond acceptors (Lipinski definition) is 8. The van der Waals surface area contributed by atoms with Crippen LogP contribution in [0.5, 0.6) is 5.75 Å². The molecular weight excluding hydrogens is 591 g/mol. The average molecular weight is 619 g/mol. The summed E-state index contributed by atoms with van der Waals surface area (Å²) in [6, 6.07) is 2.41. The lowest BCUT2D eigenvalue weighted by atomic mass is 10.1. The van der Waals surface area contributed by atoms with Crippen molar-refractivity contribution in [2.75, 3.05) is 21.6 Å². The largest absolute Gasteiger partial charge is 0.486 e. The second kappa shape index (κ2) is 10.7. The number of carbonyl (C=O) groups is 1. The van der Waals surface area contributed by atoms with Gasteiger partial charge in [-0.3, -0.25) is 9.62 Å². The molecule has 0 fully saturated rings. The molecule has 11 nitrogen and oxygen atoms in total. The fourth-order valence-corrected chi connectivity index (χ4v) is 6.34. The van der Waals surface area contributed by atoms with Crippen LogP contribution in [0.2, 0.25) is 0 Å². The number of carbonyl (C=O) groups excluding carboxylic acids is 1. The fraction of sp³-hybridized carbons (Fsp3) is 0.545. The van der Waals surface area contributed by atoms with E-state index in [2.05, 4.69) is 15.2 Å². The maximum atomic E-state index is 13.8. The molecule has 3 rings (SSSR count). The second-order valence-electron chi connectivity index (χ2n) is 9.66. The van der Waals surface area contributed by atoms with E-state index in [4.69, 9.17) is 4.74 Å². The summed E-state index contributed by atoms with van der Waals surface area (Å²) in [5, 5.41) is 5.64. The number of sulfonamides is 1. The molecule has 1 amide bonds. The average Bonchev–Trinajstić information content (AvgIpc) is 3.18. The van der Waals surface area contributed by atoms with Crippen molar-refractivity contribution in [3.05, 3.63) is 30.1 Å². The topological polar surface area (TPSA) is 137 Å². The van der Waals surface area contributed by atoms with Gasteiger partial charge in [0.05, 0.1) is 29.4 Å². The Labute approximate surface area is 227 Å². The van der Waals surface area contributed by atoms with Gasteiger partial charge in [0.15, 0.2) is 0 Å². The number of anilines is 2. The summed E-state index contributed by atoms with van der Waals surface area (Å²) in [4.78, 5) is 11.6. The van der Waals surface area contributed by atoms with E-state index >= 15 is 0 Å². The highest BCUT2D eigenvalue weighted by Crippen LogP contribution is 2.43. The number of rotatable bonds is 8. The number of ether oxygens (including phenoxy) is 2. The Balaban J connectivity index is 2.06. The molecule has 0 aliphatic carbocycles. The van der Waals surface area contributed by atoms with Crippen LogP contribution >= 0.6 is 0 Å². The molecule has 1 aliphatic heterocycles. The highest BCUT2D eigenvalue weighted by Gasteiger charge is 2.51. The van der Waals surface area contributed by atoms with E-state index in [-0.39, 0.29) is 39.7 Å². The Morgan fingerprint density at radius 2 is 1.82 bits per heavy atom. The monoisotopic (exact) mass is 618 g/mol. The molecule has 40 heavy (non-hydrogen) atoms. The van der Waals surface area contributed by atoms with Crippen LogP contribution in [0.15, 0.2) is 29.3 Å². The quantitative estimate of drug-likeness (QED) is 0.434. The minimum atomic E-state index is -4.88. The predicted molar refractivity (Wildman–Crippen MR) is 133 cm³/mol. The normalized spacial score (nSPS) is 18.3. The molecule has 1 aromatic carbocycles. The number of fused-ring (bicyclic) bond motifs is 1. The summed E-state index contributed by atoms with van der Waals surface area (Å²) >= 11 is 0. The molecule has 224 valence electrons. The molecule has 0 saturated carbocycles. The first-order chi connectivity index (χ1) is 18.1. The van der Waals surface area contributed by atoms with E-state index in [0.29, 0.717) is 20.0 Å². The summed E-state index contributed by atoms with van der Waals surface area (Å²) in [6.45, 7) is 0.752. The maximum absolute atomic E-state index is 13.8. The summed E-state index contributed by atoms with van der Waals surface area (Å²) < 4.78 is 128. The molecule has 1 N–H and O–H groups in total. The minimum Gasteiger partial charge on any atom is -0.486 e. The Morgan fingerprint density at radius 3 is 2.35 bits per heavy atom. The van der Waals surface area contributed by atoms with Gasteiger partial charge in [0.25, 0.3) is 10.0 Å². The van der Waals surface area contributed by atoms with Crippen molar-refractivity contribution >= 4 is 37.3 Å². The lowest BCUT2D eigenvalue weighted by Crippen LogP contribution is -2.51. The smallest absolute Gasteiger partial charge is 0.427 e. The number of halogens is 5. The number of amides is 1. The van der Waals surface area contributed by atoms with Gasteiger partial charge >= 0.3 is 18.8 Å². The molecule has 0 radical (unpaired) electrons. The first kappa shape index (κ1) is 31.4. The van der Waals surface area contributed by atoms with E-state index in [9.17, 15) is 43.6 Å². The number of sulfone groups is 1. The van der Waals surface area contributed by atoms with Crippen molar-refractivity contribution in [1.29, 1.82) is 0 Å². The third kappa shape index (κ3) is 6.59. The predicted octanol–water partition coefficient (Wildman–Crippen LogP) is 4.26. The number of hydrogen-bond donors (Lipinski definition) is 1. The van der Waals surface area contributed by atoms with E-state index < -0.39 is 61.3 Å². The van der Waals surface area contributed by atoms with Crippen molar-refractivity contribution in [2.45, 2.75) is 69.5 Å². The Hall–Kier alpha value is -3.15. The Morgan fingerprint density at radius 1 is 1.20 bits per heavy atom. The zero-order valence-electron chi connectivity index (χ0n) is 21.9. The minimum absolute atomic E-state index is 0.0754. The number of aromatic nitrogens is 2. The van der Waals surface area contributed by atoms with Crippen molar-refractivity contribution in [1.82, 2.24) is 9.78 Å².